The Balaban J connectivity index is 1.87. The molecule has 21 heavy (non-hydrogen) atoms. The fraction of sp³-hybridized carbons (Fsp3) is 0.316. The fourth-order valence-corrected chi connectivity index (χ4v) is 3.43. The first kappa shape index (κ1) is 13.9. The highest BCUT2D eigenvalue weighted by molar-refractivity contribution is 5.92. The van der Waals surface area contributed by atoms with Crippen molar-refractivity contribution in [1.82, 2.24) is 0 Å². The van der Waals surface area contributed by atoms with Crippen molar-refractivity contribution in [3.05, 3.63) is 65.7 Å². The summed E-state index contributed by atoms with van der Waals surface area (Å²) in [7, 11) is 0. The number of Topliss-reactive ketones (excluding diaryl/α,β-unsaturated/α-hetero) is 1. The van der Waals surface area contributed by atoms with Crippen LogP contribution in [0.3, 0.4) is 0 Å². The molecule has 2 aromatic rings. The summed E-state index contributed by atoms with van der Waals surface area (Å²) in [5.74, 6) is 0.543. The van der Waals surface area contributed by atoms with Gasteiger partial charge >= 0.3 is 0 Å². The molecule has 0 saturated heterocycles. The van der Waals surface area contributed by atoms with E-state index in [1.54, 1.807) is 12.1 Å². The Morgan fingerprint density at radius 1 is 0.952 bits per heavy atom. The molecule has 3 rings (SSSR count). The van der Waals surface area contributed by atoms with Gasteiger partial charge in [0.15, 0.2) is 0 Å². The van der Waals surface area contributed by atoms with E-state index in [1.807, 2.05) is 30.3 Å². The first-order valence-corrected chi connectivity index (χ1v) is 7.57. The molecule has 0 spiro atoms. The lowest BCUT2D eigenvalue weighted by Crippen LogP contribution is -2.34. The number of hydrogen-bond donors (Lipinski definition) is 1. The van der Waals surface area contributed by atoms with Crippen molar-refractivity contribution in [2.75, 3.05) is 0 Å². The average Bonchev–Trinajstić information content (AvgIpc) is 3.01. The lowest BCUT2D eigenvalue weighted by Gasteiger charge is -2.28. The molecule has 0 heterocycles. The van der Waals surface area contributed by atoms with Gasteiger partial charge in [0.05, 0.1) is 5.41 Å². The monoisotopic (exact) mass is 280 g/mol. The number of hydrogen-bond acceptors (Lipinski definition) is 2. The van der Waals surface area contributed by atoms with Crippen LogP contribution in [-0.2, 0) is 16.6 Å². The number of carbonyl (C=O) groups is 1. The van der Waals surface area contributed by atoms with Crippen LogP contribution in [0.2, 0.25) is 0 Å². The number of carbonyl (C=O) groups excluding carboxylic acids is 1. The molecule has 2 aromatic carbocycles. The van der Waals surface area contributed by atoms with Crippen LogP contribution in [0.1, 0.15) is 36.8 Å². The predicted molar refractivity (Wildman–Crippen MR) is 83.4 cm³/mol. The second kappa shape index (κ2) is 5.72. The van der Waals surface area contributed by atoms with E-state index in [4.69, 9.17) is 0 Å². The largest absolute Gasteiger partial charge is 0.508 e. The van der Waals surface area contributed by atoms with Gasteiger partial charge in [-0.1, -0.05) is 55.3 Å². The maximum atomic E-state index is 13.0. The second-order valence-electron chi connectivity index (χ2n) is 5.92. The van der Waals surface area contributed by atoms with Gasteiger partial charge < -0.3 is 5.11 Å². The Bertz CT molecular complexity index is 608. The van der Waals surface area contributed by atoms with Gasteiger partial charge in [0.1, 0.15) is 11.5 Å². The number of phenols is 1. The summed E-state index contributed by atoms with van der Waals surface area (Å²) in [6.45, 7) is 0. The number of rotatable bonds is 4. The third-order valence-electron chi connectivity index (χ3n) is 4.62. The van der Waals surface area contributed by atoms with E-state index < -0.39 is 0 Å². The zero-order valence-electron chi connectivity index (χ0n) is 12.1. The predicted octanol–water partition coefficient (Wildman–Crippen LogP) is 4.02. The van der Waals surface area contributed by atoms with Crippen LogP contribution in [0.25, 0.3) is 0 Å². The molecule has 1 N–H and O–H groups in total. The molecule has 1 fully saturated rings. The lowest BCUT2D eigenvalue weighted by molar-refractivity contribution is -0.123. The molecule has 0 unspecified atom stereocenters. The Hall–Kier alpha value is -2.09. The third-order valence-corrected chi connectivity index (χ3v) is 4.62. The topological polar surface area (TPSA) is 37.3 Å². The summed E-state index contributed by atoms with van der Waals surface area (Å²) in [4.78, 5) is 13.0. The Labute approximate surface area is 125 Å². The van der Waals surface area contributed by atoms with Gasteiger partial charge in [-0.2, -0.15) is 0 Å². The molecule has 2 nitrogen and oxygen atoms in total. The van der Waals surface area contributed by atoms with E-state index in [1.165, 1.54) is 0 Å². The van der Waals surface area contributed by atoms with Crippen molar-refractivity contribution in [2.24, 2.45) is 0 Å². The highest BCUT2D eigenvalue weighted by atomic mass is 16.3. The van der Waals surface area contributed by atoms with E-state index in [-0.39, 0.29) is 11.2 Å². The van der Waals surface area contributed by atoms with Crippen LogP contribution in [0.4, 0.5) is 0 Å². The molecule has 0 aromatic heterocycles. The smallest absolute Gasteiger partial charge is 0.147 e. The van der Waals surface area contributed by atoms with Crippen molar-refractivity contribution in [1.29, 1.82) is 0 Å². The summed E-state index contributed by atoms with van der Waals surface area (Å²) < 4.78 is 0. The molecular formula is C19H20O2. The standard InChI is InChI=1S/C19H20O2/c20-17-10-8-15(9-11-17)14-18(21)19(12-4-5-13-19)16-6-2-1-3-7-16/h1-3,6-11,20H,4-5,12-14H2. The molecule has 0 aliphatic heterocycles. The van der Waals surface area contributed by atoms with Crippen molar-refractivity contribution in [3.63, 3.8) is 0 Å². The number of benzene rings is 2. The van der Waals surface area contributed by atoms with Gasteiger partial charge in [0.25, 0.3) is 0 Å². The molecular weight excluding hydrogens is 260 g/mol. The second-order valence-corrected chi connectivity index (χ2v) is 5.92. The fourth-order valence-electron chi connectivity index (χ4n) is 3.43. The van der Waals surface area contributed by atoms with Crippen LogP contribution in [-0.4, -0.2) is 10.9 Å². The summed E-state index contributed by atoms with van der Waals surface area (Å²) in [5.41, 5.74) is 1.82. The van der Waals surface area contributed by atoms with E-state index in [9.17, 15) is 9.90 Å². The van der Waals surface area contributed by atoms with E-state index in [2.05, 4.69) is 12.1 Å². The van der Waals surface area contributed by atoms with Gasteiger partial charge in [-0.05, 0) is 36.1 Å². The molecule has 1 aliphatic rings. The van der Waals surface area contributed by atoms with E-state index in [0.717, 1.165) is 36.8 Å². The quantitative estimate of drug-likeness (QED) is 0.918. The summed E-state index contributed by atoms with van der Waals surface area (Å²) in [6, 6.07) is 17.2. The van der Waals surface area contributed by atoms with Crippen LogP contribution in [0, 0.1) is 0 Å². The zero-order valence-corrected chi connectivity index (χ0v) is 12.1. The highest BCUT2D eigenvalue weighted by Crippen LogP contribution is 2.42. The first-order valence-electron chi connectivity index (χ1n) is 7.57. The van der Waals surface area contributed by atoms with Gasteiger partial charge in [0, 0.05) is 6.42 Å². The zero-order chi connectivity index (χ0) is 14.7. The van der Waals surface area contributed by atoms with Crippen molar-refractivity contribution >= 4 is 5.78 Å². The Morgan fingerprint density at radius 2 is 1.57 bits per heavy atom. The summed E-state index contributed by atoms with van der Waals surface area (Å²) >= 11 is 0. The maximum Gasteiger partial charge on any atom is 0.147 e. The number of aromatic hydroxyl groups is 1. The average molecular weight is 280 g/mol. The van der Waals surface area contributed by atoms with Gasteiger partial charge in [-0.15, -0.1) is 0 Å². The first-order chi connectivity index (χ1) is 10.2. The molecule has 0 bridgehead atoms. The SMILES string of the molecule is O=C(Cc1ccc(O)cc1)C1(c2ccccc2)CCCC1. The normalized spacial score (nSPS) is 16.8. The van der Waals surface area contributed by atoms with Crippen LogP contribution < -0.4 is 0 Å². The van der Waals surface area contributed by atoms with Gasteiger partial charge in [-0.25, -0.2) is 0 Å². The minimum Gasteiger partial charge on any atom is -0.508 e. The molecule has 0 atom stereocenters. The number of phenolic OH excluding ortho intramolecular Hbond substituents is 1. The van der Waals surface area contributed by atoms with Crippen molar-refractivity contribution in [2.45, 2.75) is 37.5 Å². The number of ketones is 1. The Morgan fingerprint density at radius 3 is 2.19 bits per heavy atom. The Kier molecular flexibility index (Phi) is 3.78. The maximum absolute atomic E-state index is 13.0. The molecule has 1 aliphatic carbocycles. The molecule has 1 saturated carbocycles. The minimum atomic E-state index is -0.306. The van der Waals surface area contributed by atoms with Gasteiger partial charge in [-0.3, -0.25) is 4.79 Å². The van der Waals surface area contributed by atoms with Gasteiger partial charge in [0.2, 0.25) is 0 Å². The summed E-state index contributed by atoms with van der Waals surface area (Å²) in [5, 5.41) is 9.35. The van der Waals surface area contributed by atoms with E-state index >= 15 is 0 Å². The molecule has 0 radical (unpaired) electrons. The van der Waals surface area contributed by atoms with Crippen molar-refractivity contribution < 1.29 is 9.90 Å². The molecule has 2 heteroatoms. The van der Waals surface area contributed by atoms with Crippen LogP contribution in [0.15, 0.2) is 54.6 Å². The van der Waals surface area contributed by atoms with Crippen molar-refractivity contribution in [3.8, 4) is 5.75 Å². The van der Waals surface area contributed by atoms with E-state index in [0.29, 0.717) is 12.2 Å². The van der Waals surface area contributed by atoms with Crippen LogP contribution >= 0.6 is 0 Å². The molecule has 108 valence electrons. The van der Waals surface area contributed by atoms with Crippen LogP contribution in [0.5, 0.6) is 5.75 Å². The lowest BCUT2D eigenvalue weighted by atomic mass is 9.73. The molecule has 0 amide bonds. The minimum absolute atomic E-state index is 0.241. The summed E-state index contributed by atoms with van der Waals surface area (Å²) in [6.07, 6.45) is 4.59. The highest BCUT2D eigenvalue weighted by Gasteiger charge is 2.41. The third kappa shape index (κ3) is 2.71.